The second-order valence-electron chi connectivity index (χ2n) is 11.5. The van der Waals surface area contributed by atoms with Gasteiger partial charge in [0, 0.05) is 41.6 Å². The predicted octanol–water partition coefficient (Wildman–Crippen LogP) is 6.21. The van der Waals surface area contributed by atoms with Gasteiger partial charge in [-0.3, -0.25) is 9.59 Å². The van der Waals surface area contributed by atoms with Gasteiger partial charge in [-0.25, -0.2) is 4.98 Å². The number of ketones is 1. The fourth-order valence-corrected chi connectivity index (χ4v) is 5.83. The molecule has 2 aliphatic heterocycles. The summed E-state index contributed by atoms with van der Waals surface area (Å²) in [6, 6.07) is 0.871. The van der Waals surface area contributed by atoms with E-state index in [-0.39, 0.29) is 36.1 Å². The number of nitrogens with one attached hydrogen (secondary N) is 1. The molecule has 3 rings (SSSR count). The fourth-order valence-electron chi connectivity index (χ4n) is 5.26. The van der Waals surface area contributed by atoms with Crippen LogP contribution in [0.3, 0.4) is 0 Å². The smallest absolute Gasteiger partial charge is 0.306 e. The van der Waals surface area contributed by atoms with E-state index in [1.807, 2.05) is 46.1 Å². The summed E-state index contributed by atoms with van der Waals surface area (Å²) in [5, 5.41) is 6.67. The third-order valence-electron chi connectivity index (χ3n) is 8.68. The molecule has 2 aliphatic rings. The third kappa shape index (κ3) is 6.57. The second kappa shape index (κ2) is 11.0. The molecule has 1 aromatic heterocycles. The number of aryl methyl sites for hydroxylation is 1. The van der Waals surface area contributed by atoms with Crippen LogP contribution in [-0.4, -0.2) is 34.9 Å². The summed E-state index contributed by atoms with van der Waals surface area (Å²) in [5.74, 6) is 0.743. The number of carbonyl (C=O) groups is 2. The van der Waals surface area contributed by atoms with Crippen molar-refractivity contribution >= 4 is 29.2 Å². The molecule has 0 bridgehead atoms. The zero-order valence-electron chi connectivity index (χ0n) is 22.3. The standard InChI is InChI=1S/C28H44N2O3S/c1-16-10-9-11-23-24(30-23)14-25(17(2)12-22-15-34-21(6)29-22)33-26(31)13-18(3)28(7,8)27(32)20(5)19(16)4/h12,15-16,18-20,23-25,30H,9-11,13-14H2,1-8H3/b17-12+/t16?,18-,19-,20+,23?,24-,25-/m0/s1. The molecule has 0 radical (unpaired) electrons. The molecule has 6 heteroatoms. The van der Waals surface area contributed by atoms with E-state index in [0.717, 1.165) is 42.0 Å². The molecule has 34 heavy (non-hydrogen) atoms. The molecule has 5 nitrogen and oxygen atoms in total. The summed E-state index contributed by atoms with van der Waals surface area (Å²) in [5.41, 5.74) is 1.36. The van der Waals surface area contributed by atoms with Crippen molar-refractivity contribution in [2.75, 3.05) is 0 Å². The van der Waals surface area contributed by atoms with E-state index in [9.17, 15) is 9.59 Å². The molecule has 1 N–H and O–H groups in total. The minimum atomic E-state index is -0.578. The maximum atomic E-state index is 13.5. The number of ether oxygens (including phenoxy) is 1. The maximum Gasteiger partial charge on any atom is 0.306 e. The van der Waals surface area contributed by atoms with Crippen molar-refractivity contribution in [3.8, 4) is 0 Å². The molecular formula is C28H44N2O3S. The van der Waals surface area contributed by atoms with Gasteiger partial charge >= 0.3 is 5.97 Å². The first-order valence-electron chi connectivity index (χ1n) is 13.0. The minimum Gasteiger partial charge on any atom is -0.458 e. The van der Waals surface area contributed by atoms with Gasteiger partial charge in [-0.1, -0.05) is 54.4 Å². The van der Waals surface area contributed by atoms with Gasteiger partial charge in [-0.2, -0.15) is 0 Å². The van der Waals surface area contributed by atoms with Crippen LogP contribution in [-0.2, 0) is 14.3 Å². The molecule has 190 valence electrons. The van der Waals surface area contributed by atoms with Gasteiger partial charge in [-0.05, 0) is 49.7 Å². The summed E-state index contributed by atoms with van der Waals surface area (Å²) in [6.45, 7) is 16.6. The number of nitrogens with zero attached hydrogens (tertiary/aromatic N) is 1. The summed E-state index contributed by atoms with van der Waals surface area (Å²) < 4.78 is 6.07. The molecule has 0 spiro atoms. The number of aromatic nitrogens is 1. The Morgan fingerprint density at radius 3 is 2.53 bits per heavy atom. The van der Waals surface area contributed by atoms with Gasteiger partial charge in [-0.15, -0.1) is 11.3 Å². The Hall–Kier alpha value is -1.53. The Morgan fingerprint density at radius 1 is 1.18 bits per heavy atom. The number of hydrogen-bond donors (Lipinski definition) is 1. The molecule has 2 unspecified atom stereocenters. The van der Waals surface area contributed by atoms with Gasteiger partial charge in [0.1, 0.15) is 11.9 Å². The largest absolute Gasteiger partial charge is 0.458 e. The van der Waals surface area contributed by atoms with Gasteiger partial charge in [0.15, 0.2) is 0 Å². The summed E-state index contributed by atoms with van der Waals surface area (Å²) >= 11 is 1.62. The number of rotatable bonds is 2. The van der Waals surface area contributed by atoms with E-state index in [4.69, 9.17) is 4.74 Å². The van der Waals surface area contributed by atoms with E-state index < -0.39 is 5.41 Å². The maximum absolute atomic E-state index is 13.5. The number of esters is 1. The Labute approximate surface area is 210 Å². The quantitative estimate of drug-likeness (QED) is 0.395. The molecule has 0 aliphatic carbocycles. The van der Waals surface area contributed by atoms with Crippen molar-refractivity contribution < 1.29 is 14.3 Å². The van der Waals surface area contributed by atoms with Crippen molar-refractivity contribution in [2.45, 2.75) is 106 Å². The first-order chi connectivity index (χ1) is 15.9. The molecule has 7 atom stereocenters. The lowest BCUT2D eigenvalue weighted by atomic mass is 9.67. The average molecular weight is 489 g/mol. The number of Topliss-reactive ketones (excluding diaryl/α,β-unsaturated/α-hetero) is 1. The molecular weight excluding hydrogens is 444 g/mol. The SMILES string of the molecule is C/C(=C\c1csc(C)n1)[C@@H]1C[C@@H]2NC2CCCC(C)[C@H](C)[C@@H](C)C(=O)C(C)(C)[C@@H](C)CC(=O)O1. The van der Waals surface area contributed by atoms with Crippen LogP contribution in [0.15, 0.2) is 11.0 Å². The van der Waals surface area contributed by atoms with Crippen LogP contribution in [0, 0.1) is 36.0 Å². The van der Waals surface area contributed by atoms with E-state index in [0.29, 0.717) is 23.9 Å². The van der Waals surface area contributed by atoms with Crippen LogP contribution in [0.2, 0.25) is 0 Å². The minimum absolute atomic E-state index is 0.0253. The summed E-state index contributed by atoms with van der Waals surface area (Å²) in [6.07, 6.45) is 6.20. The Morgan fingerprint density at radius 2 is 1.88 bits per heavy atom. The lowest BCUT2D eigenvalue weighted by Gasteiger charge is -2.36. The van der Waals surface area contributed by atoms with E-state index in [1.54, 1.807) is 11.3 Å². The highest BCUT2D eigenvalue weighted by Gasteiger charge is 2.42. The van der Waals surface area contributed by atoms with Crippen LogP contribution >= 0.6 is 11.3 Å². The topological polar surface area (TPSA) is 78.2 Å². The Bertz CT molecular complexity index is 905. The lowest BCUT2D eigenvalue weighted by molar-refractivity contribution is -0.150. The second-order valence-corrected chi connectivity index (χ2v) is 12.6. The number of hydrogen-bond acceptors (Lipinski definition) is 6. The Balaban J connectivity index is 1.81. The number of carbonyl (C=O) groups excluding carboxylic acids is 2. The molecule has 2 fully saturated rings. The van der Waals surface area contributed by atoms with Crippen LogP contribution in [0.5, 0.6) is 0 Å². The first-order valence-corrected chi connectivity index (χ1v) is 13.9. The normalized spacial score (nSPS) is 36.0. The Kier molecular flexibility index (Phi) is 8.78. The van der Waals surface area contributed by atoms with E-state index >= 15 is 0 Å². The van der Waals surface area contributed by atoms with Crippen molar-refractivity contribution in [1.82, 2.24) is 10.3 Å². The van der Waals surface area contributed by atoms with Gasteiger partial charge in [0.25, 0.3) is 0 Å². The van der Waals surface area contributed by atoms with Crippen LogP contribution in [0.1, 0.15) is 91.3 Å². The van der Waals surface area contributed by atoms with Crippen LogP contribution in [0.4, 0.5) is 0 Å². The van der Waals surface area contributed by atoms with E-state index in [2.05, 4.69) is 31.1 Å². The zero-order chi connectivity index (χ0) is 25.2. The highest BCUT2D eigenvalue weighted by molar-refractivity contribution is 7.09. The number of cyclic esters (lactones) is 1. The van der Waals surface area contributed by atoms with Crippen molar-refractivity contribution in [2.24, 2.45) is 29.1 Å². The van der Waals surface area contributed by atoms with Gasteiger partial charge < -0.3 is 10.1 Å². The zero-order valence-corrected chi connectivity index (χ0v) is 23.1. The fraction of sp³-hybridized carbons (Fsp3) is 0.750. The summed E-state index contributed by atoms with van der Waals surface area (Å²) in [7, 11) is 0. The molecule has 3 heterocycles. The van der Waals surface area contributed by atoms with Crippen molar-refractivity contribution in [3.05, 3.63) is 21.7 Å². The lowest BCUT2D eigenvalue weighted by Crippen LogP contribution is -2.40. The highest BCUT2D eigenvalue weighted by Crippen LogP contribution is 2.38. The van der Waals surface area contributed by atoms with Crippen molar-refractivity contribution in [3.63, 3.8) is 0 Å². The van der Waals surface area contributed by atoms with Crippen molar-refractivity contribution in [1.29, 1.82) is 0 Å². The third-order valence-corrected chi connectivity index (χ3v) is 9.47. The molecule has 0 saturated carbocycles. The van der Waals surface area contributed by atoms with Crippen LogP contribution in [0.25, 0.3) is 6.08 Å². The number of thiazole rings is 1. The average Bonchev–Trinajstić information content (AvgIpc) is 3.38. The monoisotopic (exact) mass is 488 g/mol. The molecule has 2 saturated heterocycles. The van der Waals surface area contributed by atoms with Crippen LogP contribution < -0.4 is 5.32 Å². The molecule has 0 aromatic carbocycles. The van der Waals surface area contributed by atoms with Gasteiger partial charge in [0.2, 0.25) is 0 Å². The van der Waals surface area contributed by atoms with Gasteiger partial charge in [0.05, 0.1) is 10.7 Å². The summed E-state index contributed by atoms with van der Waals surface area (Å²) in [4.78, 5) is 31.1. The molecule has 0 amide bonds. The highest BCUT2D eigenvalue weighted by atomic mass is 32.1. The molecule has 1 aromatic rings. The van der Waals surface area contributed by atoms with E-state index in [1.165, 1.54) is 0 Å². The number of fused-ring (bicyclic) bond motifs is 1. The predicted molar refractivity (Wildman–Crippen MR) is 140 cm³/mol. The first kappa shape index (κ1) is 27.1.